The van der Waals surface area contributed by atoms with Gasteiger partial charge in [0, 0.05) is 31.0 Å². The van der Waals surface area contributed by atoms with Gasteiger partial charge in [0.1, 0.15) is 11.7 Å². The highest BCUT2D eigenvalue weighted by Gasteiger charge is 2.77. The first-order valence-corrected chi connectivity index (χ1v) is 12.7. The number of methoxy groups -OCH3 is 2. The Kier molecular flexibility index (Phi) is 4.84. The molecule has 0 N–H and O–H groups in total. The Morgan fingerprint density at radius 1 is 1.09 bits per heavy atom. The van der Waals surface area contributed by atoms with Gasteiger partial charge in [0.25, 0.3) is 0 Å². The summed E-state index contributed by atoms with van der Waals surface area (Å²) in [5, 5.41) is 0. The largest absolute Gasteiger partial charge is 0.493 e. The normalized spacial score (nSPS) is 43.6. The van der Waals surface area contributed by atoms with Gasteiger partial charge >= 0.3 is 5.97 Å². The van der Waals surface area contributed by atoms with Crippen LogP contribution in [0.15, 0.2) is 12.1 Å². The topological polar surface area (TPSA) is 60.5 Å². The van der Waals surface area contributed by atoms with Gasteiger partial charge in [-0.25, -0.2) is 0 Å². The Labute approximate surface area is 196 Å². The number of ether oxygens (including phenoxy) is 4. The number of rotatable bonds is 4. The molecule has 2 saturated carbocycles. The third kappa shape index (κ3) is 2.95. The number of nitrogens with zero attached hydrogens (tertiary/aromatic N) is 1. The second-order valence-electron chi connectivity index (χ2n) is 11.3. The molecule has 8 unspecified atom stereocenters. The summed E-state index contributed by atoms with van der Waals surface area (Å²) < 4.78 is 23.8. The molecule has 0 amide bonds. The van der Waals surface area contributed by atoms with Gasteiger partial charge in [-0.3, -0.25) is 9.69 Å². The Morgan fingerprint density at radius 3 is 2.61 bits per heavy atom. The minimum Gasteiger partial charge on any atom is -0.493 e. The van der Waals surface area contributed by atoms with Crippen LogP contribution in [0.2, 0.25) is 0 Å². The lowest BCUT2D eigenvalue weighted by Gasteiger charge is -2.50. The lowest BCUT2D eigenvalue weighted by atomic mass is 9.55. The van der Waals surface area contributed by atoms with Crippen LogP contribution in [0.4, 0.5) is 0 Å². The summed E-state index contributed by atoms with van der Waals surface area (Å²) in [5.74, 6) is 2.76. The molecule has 4 fully saturated rings. The van der Waals surface area contributed by atoms with Crippen LogP contribution in [-0.2, 0) is 20.7 Å². The molecule has 33 heavy (non-hydrogen) atoms. The van der Waals surface area contributed by atoms with E-state index in [1.165, 1.54) is 17.5 Å². The average molecular weight is 456 g/mol. The lowest BCUT2D eigenvalue weighted by molar-refractivity contribution is -0.168. The van der Waals surface area contributed by atoms with Gasteiger partial charge in [-0.2, -0.15) is 0 Å². The number of esters is 1. The summed E-state index contributed by atoms with van der Waals surface area (Å²) >= 11 is 0. The van der Waals surface area contributed by atoms with Crippen molar-refractivity contribution in [1.82, 2.24) is 4.90 Å². The van der Waals surface area contributed by atoms with Crippen LogP contribution in [0.1, 0.15) is 63.6 Å². The molecule has 2 aliphatic carbocycles. The molecule has 1 aromatic carbocycles. The Bertz CT molecular complexity index is 980. The maximum atomic E-state index is 13.4. The van der Waals surface area contributed by atoms with Crippen molar-refractivity contribution in [2.75, 3.05) is 27.3 Å². The number of carbonyl (C=O) groups is 1. The van der Waals surface area contributed by atoms with Crippen LogP contribution in [0.5, 0.6) is 11.5 Å². The summed E-state index contributed by atoms with van der Waals surface area (Å²) in [4.78, 5) is 15.9. The smallest absolute Gasteiger partial charge is 0.311 e. The Hall–Kier alpha value is -1.79. The number of fused-ring (bicyclic) bond motifs is 2. The van der Waals surface area contributed by atoms with Crippen LogP contribution in [0, 0.1) is 23.7 Å². The van der Waals surface area contributed by atoms with Crippen molar-refractivity contribution >= 4 is 5.97 Å². The number of benzene rings is 1. The summed E-state index contributed by atoms with van der Waals surface area (Å²) in [5.41, 5.74) is 2.09. The first-order chi connectivity index (χ1) is 15.8. The van der Waals surface area contributed by atoms with Crippen molar-refractivity contribution in [3.05, 3.63) is 23.3 Å². The average Bonchev–Trinajstić information content (AvgIpc) is 3.43. The molecule has 2 saturated heterocycles. The highest BCUT2D eigenvalue weighted by atomic mass is 16.7. The van der Waals surface area contributed by atoms with E-state index in [1.807, 2.05) is 0 Å². The van der Waals surface area contributed by atoms with Gasteiger partial charge < -0.3 is 18.9 Å². The molecule has 5 aliphatic rings. The highest BCUT2D eigenvalue weighted by molar-refractivity contribution is 5.77. The fourth-order valence-electron chi connectivity index (χ4n) is 7.96. The molecular weight excluding hydrogens is 418 g/mol. The number of hydrogen-bond donors (Lipinski definition) is 0. The molecule has 3 aliphatic heterocycles. The van der Waals surface area contributed by atoms with Crippen molar-refractivity contribution in [2.24, 2.45) is 23.7 Å². The third-order valence-electron chi connectivity index (χ3n) is 9.83. The first-order valence-electron chi connectivity index (χ1n) is 12.7. The molecule has 8 atom stereocenters. The summed E-state index contributed by atoms with van der Waals surface area (Å²) in [6.45, 7) is 8.49. The number of epoxide rings is 1. The molecule has 0 bridgehead atoms. The van der Waals surface area contributed by atoms with Crippen molar-refractivity contribution in [3.8, 4) is 11.5 Å². The lowest BCUT2D eigenvalue weighted by Crippen LogP contribution is -2.58. The molecular formula is C27H37NO5. The molecule has 6 nitrogen and oxygen atoms in total. The summed E-state index contributed by atoms with van der Waals surface area (Å²) in [6, 6.07) is 4.44. The van der Waals surface area contributed by atoms with Crippen LogP contribution < -0.4 is 9.47 Å². The standard InChI is InChI=1S/C27H37NO5/c1-15-6-7-21-19(24(29)32-27(21)20(15)8-10-26(3)25(27)33-26)14-28-11-9-17-12-22(30-4)23(31-5)13-18(17)16(28)2/h12-13,15-16,19-21,25H,6-11,14H2,1-5H3. The predicted molar refractivity (Wildman–Crippen MR) is 123 cm³/mol. The second kappa shape index (κ2) is 7.35. The van der Waals surface area contributed by atoms with Crippen LogP contribution in [0.25, 0.3) is 0 Å². The monoisotopic (exact) mass is 455 g/mol. The van der Waals surface area contributed by atoms with Gasteiger partial charge in [-0.05, 0) is 75.1 Å². The van der Waals surface area contributed by atoms with Crippen LogP contribution in [0.3, 0.4) is 0 Å². The van der Waals surface area contributed by atoms with E-state index in [0.717, 1.165) is 50.3 Å². The van der Waals surface area contributed by atoms with Crippen molar-refractivity contribution in [1.29, 1.82) is 0 Å². The molecule has 0 radical (unpaired) electrons. The molecule has 0 aromatic heterocycles. The quantitative estimate of drug-likeness (QED) is 0.502. The SMILES string of the molecule is COc1cc2c(cc1OC)C(C)N(CC1C(=O)OC34C(CCC5(C)OC53)C(C)CCC14)CC2. The van der Waals surface area contributed by atoms with E-state index in [4.69, 9.17) is 18.9 Å². The van der Waals surface area contributed by atoms with Gasteiger partial charge in [0.05, 0.1) is 25.7 Å². The summed E-state index contributed by atoms with van der Waals surface area (Å²) in [7, 11) is 3.37. The number of carbonyl (C=O) groups excluding carboxylic acids is 1. The Balaban J connectivity index is 1.28. The molecule has 1 spiro atoms. The molecule has 6 heteroatoms. The van der Waals surface area contributed by atoms with E-state index in [2.05, 4.69) is 37.8 Å². The van der Waals surface area contributed by atoms with Crippen LogP contribution in [-0.4, -0.2) is 55.5 Å². The van der Waals surface area contributed by atoms with Crippen molar-refractivity contribution in [2.45, 2.75) is 76.2 Å². The Morgan fingerprint density at radius 2 is 1.85 bits per heavy atom. The predicted octanol–water partition coefficient (Wildman–Crippen LogP) is 4.15. The first kappa shape index (κ1) is 21.7. The second-order valence-corrected chi connectivity index (χ2v) is 11.3. The number of hydrogen-bond acceptors (Lipinski definition) is 6. The molecule has 1 aromatic rings. The fourth-order valence-corrected chi connectivity index (χ4v) is 7.96. The van der Waals surface area contributed by atoms with Gasteiger partial charge in [0.15, 0.2) is 11.5 Å². The third-order valence-corrected chi connectivity index (χ3v) is 9.83. The van der Waals surface area contributed by atoms with E-state index >= 15 is 0 Å². The van der Waals surface area contributed by atoms with E-state index in [9.17, 15) is 4.79 Å². The molecule has 3 heterocycles. The highest BCUT2D eigenvalue weighted by Crippen LogP contribution is 2.66. The zero-order valence-corrected chi connectivity index (χ0v) is 20.6. The van der Waals surface area contributed by atoms with Crippen molar-refractivity contribution in [3.63, 3.8) is 0 Å². The van der Waals surface area contributed by atoms with E-state index in [1.54, 1.807) is 14.2 Å². The van der Waals surface area contributed by atoms with E-state index < -0.39 is 5.60 Å². The molecule has 6 rings (SSSR count). The van der Waals surface area contributed by atoms with E-state index in [0.29, 0.717) is 11.8 Å². The zero-order chi connectivity index (χ0) is 23.1. The van der Waals surface area contributed by atoms with Crippen molar-refractivity contribution < 1.29 is 23.7 Å². The maximum Gasteiger partial charge on any atom is 0.311 e. The maximum absolute atomic E-state index is 13.4. The molecule has 180 valence electrons. The zero-order valence-electron chi connectivity index (χ0n) is 20.6. The minimum absolute atomic E-state index is 0.00385. The summed E-state index contributed by atoms with van der Waals surface area (Å²) in [6.07, 6.45) is 5.48. The van der Waals surface area contributed by atoms with Crippen LogP contribution >= 0.6 is 0 Å². The van der Waals surface area contributed by atoms with E-state index in [-0.39, 0.29) is 35.6 Å². The van der Waals surface area contributed by atoms with Gasteiger partial charge in [-0.1, -0.05) is 6.92 Å². The van der Waals surface area contributed by atoms with Gasteiger partial charge in [-0.15, -0.1) is 0 Å². The minimum atomic E-state index is -0.403. The fraction of sp³-hybridized carbons (Fsp3) is 0.741. The van der Waals surface area contributed by atoms with Gasteiger partial charge in [0.2, 0.25) is 0 Å².